The van der Waals surface area contributed by atoms with Crippen LogP contribution in [-0.2, 0) is 40.8 Å². The number of halogens is 4. The highest BCUT2D eigenvalue weighted by Crippen LogP contribution is 2.58. The van der Waals surface area contributed by atoms with Crippen molar-refractivity contribution in [3.05, 3.63) is 112 Å². The summed E-state index contributed by atoms with van der Waals surface area (Å²) in [7, 11) is 3.81. The number of aromatic nitrogens is 4. The van der Waals surface area contributed by atoms with Crippen LogP contribution in [0.3, 0.4) is 0 Å². The van der Waals surface area contributed by atoms with Gasteiger partial charge in [-0.2, -0.15) is 13.2 Å². The van der Waals surface area contributed by atoms with Crippen molar-refractivity contribution in [2.45, 2.75) is 62.2 Å². The van der Waals surface area contributed by atoms with Crippen LogP contribution in [0.5, 0.6) is 5.88 Å². The van der Waals surface area contributed by atoms with E-state index in [1.807, 2.05) is 24.3 Å². The molecule has 1 saturated heterocycles. The molecule has 2 N–H and O–H groups in total. The first-order valence-corrected chi connectivity index (χ1v) is 19.1. The third-order valence-electron chi connectivity index (χ3n) is 10.9. The number of hydrogen-bond donors (Lipinski definition) is 2. The van der Waals surface area contributed by atoms with Crippen LogP contribution in [0.2, 0.25) is 5.02 Å². The minimum Gasteiger partial charge on any atom is -0.471 e. The van der Waals surface area contributed by atoms with Crippen molar-refractivity contribution in [2.24, 2.45) is 0 Å². The highest BCUT2D eigenvalue weighted by atomic mass is 35.5. The molecule has 1 spiro atoms. The normalized spacial score (nSPS) is 20.0. The summed E-state index contributed by atoms with van der Waals surface area (Å²) in [5.74, 6) is 0.265. The fourth-order valence-electron chi connectivity index (χ4n) is 7.58. The smallest absolute Gasteiger partial charge is 0.418 e. The van der Waals surface area contributed by atoms with Crippen molar-refractivity contribution >= 4 is 61.6 Å². The fourth-order valence-corrected chi connectivity index (χ4v) is 8.05. The van der Waals surface area contributed by atoms with Crippen molar-refractivity contribution in [2.75, 3.05) is 30.3 Å². The highest BCUT2D eigenvalue weighted by Gasteiger charge is 2.58. The molecule has 5 aromatic rings. The zero-order chi connectivity index (χ0) is 38.8. The van der Waals surface area contributed by atoms with Gasteiger partial charge in [0.1, 0.15) is 12.4 Å². The van der Waals surface area contributed by atoms with E-state index in [-0.39, 0.29) is 29.1 Å². The molecule has 0 unspecified atom stereocenters. The minimum absolute atomic E-state index is 0.0273. The number of amides is 2. The molecule has 56 heavy (non-hydrogen) atoms. The molecule has 0 bridgehead atoms. The van der Waals surface area contributed by atoms with Crippen LogP contribution >= 0.6 is 11.6 Å². The van der Waals surface area contributed by atoms with Gasteiger partial charge in [-0.1, -0.05) is 23.7 Å². The summed E-state index contributed by atoms with van der Waals surface area (Å²) in [6, 6.07) is 16.7. The van der Waals surface area contributed by atoms with Gasteiger partial charge in [0.05, 0.1) is 66.1 Å². The van der Waals surface area contributed by atoms with E-state index in [2.05, 4.69) is 41.4 Å². The topological polar surface area (TPSA) is 124 Å². The van der Waals surface area contributed by atoms with Gasteiger partial charge in [-0.3, -0.25) is 19.5 Å². The van der Waals surface area contributed by atoms with Gasteiger partial charge in [0, 0.05) is 49.8 Å². The zero-order valence-corrected chi connectivity index (χ0v) is 31.6. The summed E-state index contributed by atoms with van der Waals surface area (Å²) in [6.07, 6.45) is 1.51. The number of nitrogens with zero attached hydrogens (tertiary/aromatic N) is 5. The molecule has 1 aliphatic carbocycles. The van der Waals surface area contributed by atoms with Crippen LogP contribution in [0.15, 0.2) is 72.9 Å². The molecule has 1 saturated carbocycles. The maximum atomic E-state index is 14.1. The standard InChI is InChI=1S/C40H34ClF3N7O4Si/c41-25-5-6-26(45-19-25)21-54-34-3-1-2-30(48-34)23-8-13-50(14-9-23)20-33-47-31-16-24(4-7-32(31)51(33)22-39(56)12-15-55-39)36(52)46-27-17-28-35(29(18-27)40(42,43)44)49-37(53)38(28)10-11-38/h1-8,16-19H,9-15,20-22H2,(H,46,52)(H,49,53)/t39-/m1/s1. The van der Waals surface area contributed by atoms with Gasteiger partial charge in [0.15, 0.2) is 0 Å². The van der Waals surface area contributed by atoms with Crippen LogP contribution in [0.1, 0.15) is 64.4 Å². The summed E-state index contributed by atoms with van der Waals surface area (Å²) in [5, 5.41) is 5.09. The third kappa shape index (κ3) is 6.97. The Balaban J connectivity index is 0.929. The monoisotopic (exact) mass is 796 g/mol. The molecule has 4 aliphatic rings. The number of carbonyl (C=O) groups is 2. The predicted molar refractivity (Wildman–Crippen MR) is 203 cm³/mol. The number of nitrogens with one attached hydrogen (secondary N) is 2. The van der Waals surface area contributed by atoms with E-state index in [0.29, 0.717) is 55.5 Å². The van der Waals surface area contributed by atoms with E-state index in [0.717, 1.165) is 53.8 Å². The molecule has 2 fully saturated rings. The van der Waals surface area contributed by atoms with Crippen molar-refractivity contribution in [1.82, 2.24) is 24.4 Å². The number of ether oxygens (including phenoxy) is 2. The van der Waals surface area contributed by atoms with E-state index in [9.17, 15) is 22.8 Å². The second kappa shape index (κ2) is 13.8. The lowest BCUT2D eigenvalue weighted by Crippen LogP contribution is -2.48. The van der Waals surface area contributed by atoms with Gasteiger partial charge in [-0.25, -0.2) is 9.97 Å². The Morgan fingerprint density at radius 1 is 1.09 bits per heavy atom. The summed E-state index contributed by atoms with van der Waals surface area (Å²) >= 11 is 5.94. The lowest BCUT2D eigenvalue weighted by Gasteiger charge is -2.39. The first-order chi connectivity index (χ1) is 26.9. The highest BCUT2D eigenvalue weighted by molar-refractivity contribution is 6.30. The molecule has 3 radical (unpaired) electrons. The summed E-state index contributed by atoms with van der Waals surface area (Å²) in [5.41, 5.74) is 2.39. The first kappa shape index (κ1) is 36.5. The van der Waals surface area contributed by atoms with E-state index in [1.165, 1.54) is 6.07 Å². The van der Waals surface area contributed by atoms with Gasteiger partial charge in [0.25, 0.3) is 5.91 Å². The van der Waals surface area contributed by atoms with E-state index >= 15 is 0 Å². The van der Waals surface area contributed by atoms with Gasteiger partial charge in [0.2, 0.25) is 11.8 Å². The molecule has 285 valence electrons. The van der Waals surface area contributed by atoms with Crippen molar-refractivity contribution in [1.29, 1.82) is 0 Å². The third-order valence-corrected chi connectivity index (χ3v) is 11.7. The summed E-state index contributed by atoms with van der Waals surface area (Å²) in [4.78, 5) is 42.4. The molecular weight excluding hydrogens is 763 g/mol. The Morgan fingerprint density at radius 2 is 1.93 bits per heavy atom. The average Bonchev–Trinajstić information content (AvgIpc) is 3.85. The fraction of sp³-hybridized carbons (Fsp3) is 0.325. The predicted octanol–water partition coefficient (Wildman–Crippen LogP) is 6.89. The number of anilines is 2. The minimum atomic E-state index is -4.73. The molecule has 9 rings (SSSR count). The number of carbonyl (C=O) groups excluding carboxylic acids is 2. The quantitative estimate of drug-likeness (QED) is 0.147. The number of hydrogen-bond acceptors (Lipinski definition) is 8. The molecule has 2 amide bonds. The SMILES string of the molecule is O=C(Nc1cc(C(F)(F)F)c2c(c1)C1(CC1)C(=O)N2)c1ccc2c(c1)nc(CN1CC=C(c3cccc(OCc4ccc(Cl)cn4)n3)CC1)n2C[C@]1([Si])CCO1. The van der Waals surface area contributed by atoms with Crippen molar-refractivity contribution in [3.8, 4) is 5.88 Å². The summed E-state index contributed by atoms with van der Waals surface area (Å²) < 4.78 is 56.2. The van der Waals surface area contributed by atoms with Crippen LogP contribution in [0.25, 0.3) is 16.6 Å². The molecule has 6 heterocycles. The number of benzene rings is 2. The lowest BCUT2D eigenvalue weighted by atomic mass is 9.94. The molecule has 2 aromatic carbocycles. The van der Waals surface area contributed by atoms with Gasteiger partial charge < -0.3 is 24.7 Å². The molecule has 11 nitrogen and oxygen atoms in total. The molecule has 16 heteroatoms. The van der Waals surface area contributed by atoms with E-state index in [4.69, 9.17) is 31.0 Å². The molecule has 3 aromatic heterocycles. The Morgan fingerprint density at radius 3 is 2.62 bits per heavy atom. The molecule has 3 aliphatic heterocycles. The molecule has 1 atom stereocenters. The van der Waals surface area contributed by atoms with Gasteiger partial charge >= 0.3 is 6.18 Å². The van der Waals surface area contributed by atoms with Crippen LogP contribution in [0.4, 0.5) is 24.5 Å². The second-order valence-electron chi connectivity index (χ2n) is 14.7. The molecular formula is C40H34ClF3N7O4Si. The Hall–Kier alpha value is -5.09. The van der Waals surface area contributed by atoms with Gasteiger partial charge in [-0.15, -0.1) is 0 Å². The Kier molecular flexibility index (Phi) is 9.02. The number of fused-ring (bicyclic) bond motifs is 3. The van der Waals surface area contributed by atoms with Gasteiger partial charge in [-0.05, 0) is 85.4 Å². The Labute approximate surface area is 327 Å². The van der Waals surface area contributed by atoms with Crippen LogP contribution in [-0.4, -0.2) is 71.4 Å². The maximum absolute atomic E-state index is 14.1. The van der Waals surface area contributed by atoms with E-state index < -0.39 is 34.2 Å². The van der Waals surface area contributed by atoms with Crippen molar-refractivity contribution in [3.63, 3.8) is 0 Å². The largest absolute Gasteiger partial charge is 0.471 e. The number of imidazole rings is 1. The number of rotatable bonds is 10. The first-order valence-electron chi connectivity index (χ1n) is 18.2. The summed E-state index contributed by atoms with van der Waals surface area (Å²) in [6.45, 7) is 3.33. The van der Waals surface area contributed by atoms with Crippen LogP contribution in [0, 0.1) is 0 Å². The number of alkyl halides is 3. The second-order valence-corrected chi connectivity index (χ2v) is 16.0. The number of pyridine rings is 2. The lowest BCUT2D eigenvalue weighted by molar-refractivity contribution is -0.136. The zero-order valence-electron chi connectivity index (χ0n) is 29.9. The van der Waals surface area contributed by atoms with E-state index in [1.54, 1.807) is 30.5 Å². The Bertz CT molecular complexity index is 2430. The van der Waals surface area contributed by atoms with Crippen LogP contribution < -0.4 is 15.4 Å². The maximum Gasteiger partial charge on any atom is 0.418 e. The average molecular weight is 797 g/mol. The van der Waals surface area contributed by atoms with Crippen molar-refractivity contribution < 1.29 is 32.2 Å².